The van der Waals surface area contributed by atoms with Crippen LogP contribution in [0.4, 0.5) is 8.78 Å². The Kier molecular flexibility index (Phi) is 5.89. The summed E-state index contributed by atoms with van der Waals surface area (Å²) in [5.41, 5.74) is 0.776. The lowest BCUT2D eigenvalue weighted by molar-refractivity contribution is 0.102. The molecular weight excluding hydrogens is 378 g/mol. The summed E-state index contributed by atoms with van der Waals surface area (Å²) in [6.45, 7) is 0.205. The van der Waals surface area contributed by atoms with E-state index in [1.165, 1.54) is 30.7 Å². The molecule has 2 heterocycles. The molecule has 0 bridgehead atoms. The maximum atomic E-state index is 14.2. The minimum atomic E-state index is -2.14. The number of nitrogens with one attached hydrogen (secondary N) is 1. The SMILES string of the molecule is O=C(c1cc2nccnc2cn1)c1cc(CCCNS(=O)O)cc(F)c1F. The Bertz CT molecular complexity index is 1030. The monoisotopic (exact) mass is 392 g/mol. The topological polar surface area (TPSA) is 105 Å². The minimum Gasteiger partial charge on any atom is -0.294 e. The molecule has 1 aromatic carbocycles. The fourth-order valence-electron chi connectivity index (χ4n) is 2.54. The molecule has 0 aliphatic heterocycles. The van der Waals surface area contributed by atoms with Crippen molar-refractivity contribution in [1.29, 1.82) is 0 Å². The van der Waals surface area contributed by atoms with Crippen LogP contribution in [0.1, 0.15) is 28.0 Å². The first-order chi connectivity index (χ1) is 13.0. The second-order valence-corrected chi connectivity index (χ2v) is 6.42. The first-order valence-corrected chi connectivity index (χ1v) is 9.00. The third kappa shape index (κ3) is 4.54. The van der Waals surface area contributed by atoms with Crippen molar-refractivity contribution in [2.45, 2.75) is 12.8 Å². The molecule has 0 radical (unpaired) electrons. The van der Waals surface area contributed by atoms with Gasteiger partial charge in [-0.05, 0) is 36.6 Å². The lowest BCUT2D eigenvalue weighted by Gasteiger charge is -2.08. The molecule has 2 N–H and O–H groups in total. The molecular formula is C17H14F2N4O3S. The normalized spacial score (nSPS) is 12.3. The molecule has 0 aliphatic carbocycles. The Balaban J connectivity index is 1.87. The standard InChI is InChI=1S/C17H14F2N4O3S/c18-12-7-10(2-1-3-23-27(25)26)6-11(16(12)19)17(24)14-8-13-15(9-22-14)21-5-4-20-13/h4-9,23H,1-3H2,(H,25,26). The van der Waals surface area contributed by atoms with Gasteiger partial charge in [0, 0.05) is 18.9 Å². The number of halogens is 2. The van der Waals surface area contributed by atoms with E-state index >= 15 is 0 Å². The van der Waals surface area contributed by atoms with Crippen molar-refractivity contribution in [2.75, 3.05) is 6.54 Å². The Morgan fingerprint density at radius 1 is 1.11 bits per heavy atom. The number of pyridine rings is 1. The highest BCUT2D eigenvalue weighted by Crippen LogP contribution is 2.20. The molecule has 0 amide bonds. The summed E-state index contributed by atoms with van der Waals surface area (Å²) in [5.74, 6) is -3.16. The number of aryl methyl sites for hydroxylation is 1. The fourth-order valence-corrected chi connectivity index (χ4v) is 2.86. The summed E-state index contributed by atoms with van der Waals surface area (Å²) in [6, 6.07) is 3.63. The third-order valence-corrected chi connectivity index (χ3v) is 4.24. The van der Waals surface area contributed by atoms with Crippen LogP contribution in [-0.4, -0.2) is 36.0 Å². The average Bonchev–Trinajstić information content (AvgIpc) is 2.66. The van der Waals surface area contributed by atoms with Crippen molar-refractivity contribution < 1.29 is 22.3 Å². The molecule has 3 rings (SSSR count). The van der Waals surface area contributed by atoms with Crippen molar-refractivity contribution in [1.82, 2.24) is 19.7 Å². The molecule has 1 atom stereocenters. The Morgan fingerprint density at radius 2 is 1.85 bits per heavy atom. The number of rotatable bonds is 7. The molecule has 1 unspecified atom stereocenters. The number of aromatic nitrogens is 3. The third-order valence-electron chi connectivity index (χ3n) is 3.79. The first kappa shape index (κ1) is 19.1. The van der Waals surface area contributed by atoms with Crippen LogP contribution in [0.3, 0.4) is 0 Å². The van der Waals surface area contributed by atoms with E-state index in [0.29, 0.717) is 23.0 Å². The average molecular weight is 392 g/mol. The molecule has 7 nitrogen and oxygen atoms in total. The number of ketones is 1. The van der Waals surface area contributed by atoms with Crippen LogP contribution in [0, 0.1) is 11.6 Å². The van der Waals surface area contributed by atoms with Gasteiger partial charge in [-0.1, -0.05) is 0 Å². The Labute approximate surface area is 155 Å². The van der Waals surface area contributed by atoms with Gasteiger partial charge in [-0.25, -0.2) is 17.7 Å². The van der Waals surface area contributed by atoms with Gasteiger partial charge in [0.25, 0.3) is 0 Å². The van der Waals surface area contributed by atoms with Crippen LogP contribution >= 0.6 is 0 Å². The smallest absolute Gasteiger partial charge is 0.231 e. The van der Waals surface area contributed by atoms with E-state index in [2.05, 4.69) is 19.7 Å². The van der Waals surface area contributed by atoms with Crippen molar-refractivity contribution in [3.05, 3.63) is 65.2 Å². The molecule has 3 aromatic rings. The summed E-state index contributed by atoms with van der Waals surface area (Å²) in [5, 5.41) is 0. The number of carbonyl (C=O) groups is 1. The molecule has 27 heavy (non-hydrogen) atoms. The molecule has 0 spiro atoms. The first-order valence-electron chi connectivity index (χ1n) is 7.89. The summed E-state index contributed by atoms with van der Waals surface area (Å²) in [4.78, 5) is 24.7. The van der Waals surface area contributed by atoms with Crippen LogP contribution in [0.5, 0.6) is 0 Å². The van der Waals surface area contributed by atoms with Gasteiger partial charge in [-0.2, -0.15) is 0 Å². The number of carbonyl (C=O) groups excluding carboxylic acids is 1. The lowest BCUT2D eigenvalue weighted by atomic mass is 10.0. The number of nitrogens with zero attached hydrogens (tertiary/aromatic N) is 3. The van der Waals surface area contributed by atoms with Crippen LogP contribution in [0.15, 0.2) is 36.8 Å². The summed E-state index contributed by atoms with van der Waals surface area (Å²) < 4.78 is 49.6. The predicted molar refractivity (Wildman–Crippen MR) is 94.2 cm³/mol. The number of hydrogen-bond acceptors (Lipinski definition) is 5. The van der Waals surface area contributed by atoms with Crippen molar-refractivity contribution in [3.63, 3.8) is 0 Å². The van der Waals surface area contributed by atoms with Gasteiger partial charge in [0.15, 0.2) is 11.6 Å². The van der Waals surface area contributed by atoms with Crippen molar-refractivity contribution in [2.24, 2.45) is 0 Å². The zero-order valence-electron chi connectivity index (χ0n) is 13.9. The minimum absolute atomic E-state index is 0.0733. The van der Waals surface area contributed by atoms with Crippen LogP contribution < -0.4 is 4.72 Å². The van der Waals surface area contributed by atoms with E-state index in [9.17, 15) is 17.8 Å². The maximum Gasteiger partial charge on any atom is 0.231 e. The van der Waals surface area contributed by atoms with E-state index in [-0.39, 0.29) is 18.7 Å². The van der Waals surface area contributed by atoms with Gasteiger partial charge < -0.3 is 0 Å². The number of hydrogen-bond donors (Lipinski definition) is 2. The number of benzene rings is 1. The highest BCUT2D eigenvalue weighted by atomic mass is 32.2. The van der Waals surface area contributed by atoms with Crippen molar-refractivity contribution in [3.8, 4) is 0 Å². The molecule has 0 saturated carbocycles. The molecule has 2 aromatic heterocycles. The highest BCUT2D eigenvalue weighted by molar-refractivity contribution is 7.77. The fraction of sp³-hybridized carbons (Fsp3) is 0.176. The quantitative estimate of drug-likeness (QED) is 0.363. The zero-order valence-corrected chi connectivity index (χ0v) is 14.7. The summed E-state index contributed by atoms with van der Waals surface area (Å²) in [6.07, 6.45) is 4.96. The van der Waals surface area contributed by atoms with Gasteiger partial charge in [0.1, 0.15) is 11.2 Å². The predicted octanol–water partition coefficient (Wildman–Crippen LogP) is 2.19. The molecule has 0 aliphatic rings. The van der Waals surface area contributed by atoms with E-state index in [1.54, 1.807) is 0 Å². The zero-order chi connectivity index (χ0) is 19.4. The van der Waals surface area contributed by atoms with Crippen LogP contribution in [-0.2, 0) is 17.7 Å². The van der Waals surface area contributed by atoms with E-state index < -0.39 is 34.2 Å². The van der Waals surface area contributed by atoms with Gasteiger partial charge in [0.2, 0.25) is 17.0 Å². The highest BCUT2D eigenvalue weighted by Gasteiger charge is 2.20. The van der Waals surface area contributed by atoms with E-state index in [0.717, 1.165) is 6.07 Å². The van der Waals surface area contributed by atoms with Crippen LogP contribution in [0.2, 0.25) is 0 Å². The Morgan fingerprint density at radius 3 is 2.59 bits per heavy atom. The van der Waals surface area contributed by atoms with Gasteiger partial charge in [-0.3, -0.25) is 24.3 Å². The van der Waals surface area contributed by atoms with E-state index in [4.69, 9.17) is 4.55 Å². The largest absolute Gasteiger partial charge is 0.294 e. The van der Waals surface area contributed by atoms with Gasteiger partial charge in [-0.15, -0.1) is 0 Å². The number of fused-ring (bicyclic) bond motifs is 1. The lowest BCUT2D eigenvalue weighted by Crippen LogP contribution is -2.18. The summed E-state index contributed by atoms with van der Waals surface area (Å²) >= 11 is -2.14. The second-order valence-electron chi connectivity index (χ2n) is 5.63. The van der Waals surface area contributed by atoms with E-state index in [1.807, 2.05) is 0 Å². The van der Waals surface area contributed by atoms with Crippen molar-refractivity contribution >= 4 is 28.1 Å². The molecule has 0 saturated heterocycles. The summed E-state index contributed by atoms with van der Waals surface area (Å²) in [7, 11) is 0. The maximum absolute atomic E-state index is 14.2. The molecule has 140 valence electrons. The van der Waals surface area contributed by atoms with Gasteiger partial charge >= 0.3 is 0 Å². The Hall–Kier alpha value is -2.69. The van der Waals surface area contributed by atoms with Gasteiger partial charge in [0.05, 0.1) is 17.3 Å². The van der Waals surface area contributed by atoms with Crippen LogP contribution in [0.25, 0.3) is 11.0 Å². The second kappa shape index (κ2) is 8.33. The molecule has 10 heteroatoms. The molecule has 0 fully saturated rings.